The number of hydrogen-bond acceptors (Lipinski definition) is 6. The molecule has 8 nitrogen and oxygen atoms in total. The monoisotopic (exact) mass is 453 g/mol. The van der Waals surface area contributed by atoms with E-state index < -0.39 is 22.6 Å². The fraction of sp³-hybridized carbons (Fsp3) is 0.600. The topological polar surface area (TPSA) is 143 Å². The zero-order chi connectivity index (χ0) is 22.3. The van der Waals surface area contributed by atoms with E-state index in [4.69, 9.17) is 15.9 Å². The molecule has 4 rings (SSSR count). The fourth-order valence-corrected chi connectivity index (χ4v) is 5.68. The van der Waals surface area contributed by atoms with Gasteiger partial charge in [-0.25, -0.2) is 14.1 Å². The fourth-order valence-electron chi connectivity index (χ4n) is 4.04. The van der Waals surface area contributed by atoms with Gasteiger partial charge >= 0.3 is 6.03 Å². The predicted octanol–water partition coefficient (Wildman–Crippen LogP) is 2.13. The van der Waals surface area contributed by atoms with Crippen LogP contribution in [-0.2, 0) is 35.7 Å². The minimum atomic E-state index is -1.45. The van der Waals surface area contributed by atoms with Gasteiger partial charge in [-0.05, 0) is 57.1 Å². The molecule has 1 aromatic rings. The van der Waals surface area contributed by atoms with Gasteiger partial charge in [-0.3, -0.25) is 4.98 Å². The molecular formula is C20H31N5O3S2. The molecular weight excluding hydrogens is 422 g/mol. The Labute approximate surface area is 184 Å². The second-order valence-corrected chi connectivity index (χ2v) is 11.5. The van der Waals surface area contributed by atoms with Gasteiger partial charge in [0, 0.05) is 17.3 Å². The molecule has 0 bridgehead atoms. The molecule has 166 valence electrons. The number of pyridine rings is 1. The van der Waals surface area contributed by atoms with Crippen molar-refractivity contribution in [2.75, 3.05) is 5.32 Å². The number of anilines is 1. The Kier molecular flexibility index (Phi) is 6.52. The molecule has 0 radical (unpaired) electrons. The van der Waals surface area contributed by atoms with Gasteiger partial charge in [0.15, 0.2) is 0 Å². The summed E-state index contributed by atoms with van der Waals surface area (Å²) in [5.74, 6) is 0. The van der Waals surface area contributed by atoms with E-state index in [9.17, 15) is 14.1 Å². The second kappa shape index (κ2) is 8.49. The zero-order valence-corrected chi connectivity index (χ0v) is 19.5. The highest BCUT2D eigenvalue weighted by Crippen LogP contribution is 2.44. The Morgan fingerprint density at radius 3 is 2.60 bits per heavy atom. The van der Waals surface area contributed by atoms with Crippen LogP contribution in [0.4, 0.5) is 10.5 Å². The Bertz CT molecular complexity index is 909. The molecule has 2 atom stereocenters. The summed E-state index contributed by atoms with van der Waals surface area (Å²) in [7, 11) is -1.45. The van der Waals surface area contributed by atoms with E-state index in [0.29, 0.717) is 4.24 Å². The van der Waals surface area contributed by atoms with Crippen LogP contribution in [0.25, 0.3) is 0 Å². The van der Waals surface area contributed by atoms with Crippen LogP contribution >= 0.6 is 11.8 Å². The number of amides is 2. The molecule has 7 N–H and O–H groups in total. The van der Waals surface area contributed by atoms with E-state index in [1.165, 1.54) is 22.9 Å². The number of urea groups is 1. The summed E-state index contributed by atoms with van der Waals surface area (Å²) in [4.78, 5) is 16.1. The maximum atomic E-state index is 11.2. The number of carbonyl (C=O) groups excluding carboxylic acids is 1. The maximum absolute atomic E-state index is 11.2. The SMILES string of the molecule is CC(C)(O)C1NC=C(S(N)=O)S1.CC1(C)CCc2c1nc1c(c2NC(N)=O)CCC1. The minimum Gasteiger partial charge on any atom is -0.387 e. The first-order chi connectivity index (χ1) is 13.9. The second-order valence-electron chi connectivity index (χ2n) is 9.04. The van der Waals surface area contributed by atoms with Gasteiger partial charge in [-0.15, -0.1) is 0 Å². The first-order valence-electron chi connectivity index (χ1n) is 10.0. The van der Waals surface area contributed by atoms with Gasteiger partial charge in [-0.1, -0.05) is 25.6 Å². The highest BCUT2D eigenvalue weighted by molar-refractivity contribution is 8.16. The Morgan fingerprint density at radius 2 is 2.07 bits per heavy atom. The molecule has 1 aliphatic heterocycles. The smallest absolute Gasteiger partial charge is 0.316 e. The highest BCUT2D eigenvalue weighted by atomic mass is 32.2. The van der Waals surface area contributed by atoms with Crippen molar-refractivity contribution in [1.82, 2.24) is 10.3 Å². The molecule has 0 fully saturated rings. The number of aromatic nitrogens is 1. The summed E-state index contributed by atoms with van der Waals surface area (Å²) in [5.41, 5.74) is 10.3. The quantitative estimate of drug-likeness (QED) is 0.474. The molecule has 2 heterocycles. The number of aliphatic hydroxyl groups is 1. The summed E-state index contributed by atoms with van der Waals surface area (Å²) in [6.45, 7) is 7.82. The molecule has 0 saturated carbocycles. The number of primary amides is 1. The van der Waals surface area contributed by atoms with E-state index in [2.05, 4.69) is 24.5 Å². The van der Waals surface area contributed by atoms with Crippen LogP contribution in [0.3, 0.4) is 0 Å². The van der Waals surface area contributed by atoms with Gasteiger partial charge in [0.05, 0.1) is 17.0 Å². The Balaban J connectivity index is 0.000000187. The lowest BCUT2D eigenvalue weighted by molar-refractivity contribution is 0.0731. The van der Waals surface area contributed by atoms with Crippen LogP contribution in [0.15, 0.2) is 10.4 Å². The van der Waals surface area contributed by atoms with E-state index in [0.717, 1.165) is 49.2 Å². The van der Waals surface area contributed by atoms with Crippen molar-refractivity contribution in [3.63, 3.8) is 0 Å². The third-order valence-corrected chi connectivity index (χ3v) is 8.24. The first kappa shape index (κ1) is 23.1. The van der Waals surface area contributed by atoms with Crippen molar-refractivity contribution >= 4 is 34.5 Å². The number of aryl methyl sites for hydroxylation is 1. The standard InChI is InChI=1S/C14H19N3O.C6H12N2O2S2/c1-14(2)7-6-9-11(17-13(15)18)8-4-3-5-10(8)16-12(9)14;1-6(2,9)5-8-3-4(11-5)12(7)10/h3-7H2,1-2H3,(H3,15,16,17,18);3,5,8-9H,7H2,1-2H3. The molecule has 2 aliphatic carbocycles. The minimum absolute atomic E-state index is 0.112. The summed E-state index contributed by atoms with van der Waals surface area (Å²) in [6, 6.07) is -0.470. The lowest BCUT2D eigenvalue weighted by Gasteiger charge is -2.24. The number of fused-ring (bicyclic) bond motifs is 2. The largest absolute Gasteiger partial charge is 0.387 e. The molecule has 2 unspecified atom stereocenters. The van der Waals surface area contributed by atoms with Crippen molar-refractivity contribution in [1.29, 1.82) is 0 Å². The summed E-state index contributed by atoms with van der Waals surface area (Å²) >= 11 is 1.30. The van der Waals surface area contributed by atoms with Crippen molar-refractivity contribution in [2.45, 2.75) is 76.2 Å². The first-order valence-corrected chi connectivity index (χ1v) is 12.1. The molecule has 0 saturated heterocycles. The summed E-state index contributed by atoms with van der Waals surface area (Å²) < 4.78 is 11.4. The van der Waals surface area contributed by atoms with Crippen LogP contribution in [-0.4, -0.2) is 31.3 Å². The summed E-state index contributed by atoms with van der Waals surface area (Å²) in [5, 5.41) is 20.3. The zero-order valence-electron chi connectivity index (χ0n) is 17.9. The third-order valence-electron chi connectivity index (χ3n) is 5.64. The predicted molar refractivity (Wildman–Crippen MR) is 122 cm³/mol. The molecule has 30 heavy (non-hydrogen) atoms. The van der Waals surface area contributed by atoms with Gasteiger partial charge < -0.3 is 21.5 Å². The molecule has 3 aliphatic rings. The number of thioether (sulfide) groups is 1. The summed E-state index contributed by atoms with van der Waals surface area (Å²) in [6.07, 6.45) is 6.81. The molecule has 10 heteroatoms. The van der Waals surface area contributed by atoms with Crippen molar-refractivity contribution in [2.24, 2.45) is 10.9 Å². The van der Waals surface area contributed by atoms with Crippen LogP contribution in [0.2, 0.25) is 0 Å². The molecule has 1 aromatic heterocycles. The third kappa shape index (κ3) is 4.82. The number of nitrogens with one attached hydrogen (secondary N) is 2. The Hall–Kier alpha value is -1.62. The number of nitrogens with zero attached hydrogens (tertiary/aromatic N) is 1. The lowest BCUT2D eigenvalue weighted by Crippen LogP contribution is -2.39. The number of rotatable bonds is 3. The van der Waals surface area contributed by atoms with E-state index in [-0.39, 0.29) is 10.8 Å². The van der Waals surface area contributed by atoms with Crippen LogP contribution < -0.4 is 21.5 Å². The van der Waals surface area contributed by atoms with Crippen molar-refractivity contribution in [3.8, 4) is 0 Å². The number of hydrogen-bond donors (Lipinski definition) is 5. The van der Waals surface area contributed by atoms with Crippen molar-refractivity contribution in [3.05, 3.63) is 33.0 Å². The van der Waals surface area contributed by atoms with Gasteiger partial charge in [0.25, 0.3) is 0 Å². The van der Waals surface area contributed by atoms with E-state index in [1.807, 2.05) is 0 Å². The van der Waals surface area contributed by atoms with E-state index >= 15 is 0 Å². The van der Waals surface area contributed by atoms with Crippen molar-refractivity contribution < 1.29 is 14.1 Å². The maximum Gasteiger partial charge on any atom is 0.316 e. The number of carbonyl (C=O) groups is 1. The Morgan fingerprint density at radius 1 is 1.37 bits per heavy atom. The average Bonchev–Trinajstić information content (AvgIpc) is 3.34. The molecule has 0 aromatic carbocycles. The van der Waals surface area contributed by atoms with Crippen LogP contribution in [0.1, 0.15) is 63.1 Å². The van der Waals surface area contributed by atoms with E-state index in [1.54, 1.807) is 20.0 Å². The molecule has 2 amide bonds. The van der Waals surface area contributed by atoms with Crippen LogP contribution in [0, 0.1) is 0 Å². The van der Waals surface area contributed by atoms with Gasteiger partial charge in [0.2, 0.25) is 0 Å². The highest BCUT2D eigenvalue weighted by Gasteiger charge is 2.36. The number of nitrogens with two attached hydrogens (primary N) is 2. The average molecular weight is 454 g/mol. The normalized spacial score (nSPS) is 22.2. The molecule has 0 spiro atoms. The van der Waals surface area contributed by atoms with Gasteiger partial charge in [0.1, 0.15) is 20.6 Å². The van der Waals surface area contributed by atoms with Crippen LogP contribution in [0.5, 0.6) is 0 Å². The lowest BCUT2D eigenvalue weighted by atomic mass is 9.90. The van der Waals surface area contributed by atoms with Gasteiger partial charge in [-0.2, -0.15) is 0 Å².